The summed E-state index contributed by atoms with van der Waals surface area (Å²) in [4.78, 5) is 20.2. The molecule has 0 radical (unpaired) electrons. The summed E-state index contributed by atoms with van der Waals surface area (Å²) in [6, 6.07) is 7.01. The molecule has 1 fully saturated rings. The summed E-state index contributed by atoms with van der Waals surface area (Å²) in [5.74, 6) is 0. The van der Waals surface area contributed by atoms with E-state index >= 15 is 0 Å². The van der Waals surface area contributed by atoms with Crippen LogP contribution in [-0.4, -0.2) is 48.1 Å². The Balaban J connectivity index is 1.54. The number of likely N-dealkylation sites (tertiary alicyclic amines) is 1. The van der Waals surface area contributed by atoms with Crippen LogP contribution < -0.4 is 16.2 Å². The van der Waals surface area contributed by atoms with Crippen molar-refractivity contribution in [3.63, 3.8) is 0 Å². The predicted molar refractivity (Wildman–Crippen MR) is 103 cm³/mol. The Labute approximate surface area is 148 Å². The van der Waals surface area contributed by atoms with Gasteiger partial charge >= 0.3 is 0 Å². The largest absolute Gasteiger partial charge is 0.368 e. The molecule has 5 heteroatoms. The number of anilines is 1. The highest BCUT2D eigenvalue weighted by molar-refractivity contribution is 5.97. The minimum absolute atomic E-state index is 0.0215. The van der Waals surface area contributed by atoms with E-state index in [9.17, 15) is 4.79 Å². The summed E-state index contributed by atoms with van der Waals surface area (Å²) in [5, 5.41) is 1.99. The quantitative estimate of drug-likeness (QED) is 0.894. The van der Waals surface area contributed by atoms with Gasteiger partial charge in [-0.25, -0.2) is 0 Å². The number of rotatable bonds is 4. The van der Waals surface area contributed by atoms with Gasteiger partial charge in [-0.15, -0.1) is 0 Å². The summed E-state index contributed by atoms with van der Waals surface area (Å²) in [5.41, 5.74) is 8.44. The Morgan fingerprint density at radius 3 is 2.84 bits per heavy atom. The molecule has 5 nitrogen and oxygen atoms in total. The van der Waals surface area contributed by atoms with Crippen molar-refractivity contribution in [2.45, 2.75) is 44.7 Å². The van der Waals surface area contributed by atoms with Crippen LogP contribution in [0.3, 0.4) is 0 Å². The second kappa shape index (κ2) is 6.81. The van der Waals surface area contributed by atoms with Crippen molar-refractivity contribution in [3.8, 4) is 0 Å². The van der Waals surface area contributed by atoms with E-state index in [4.69, 9.17) is 5.73 Å². The molecule has 0 aliphatic carbocycles. The number of nitrogens with zero attached hydrogens (tertiary/aromatic N) is 2. The van der Waals surface area contributed by atoms with Crippen LogP contribution in [0.2, 0.25) is 0 Å². The van der Waals surface area contributed by atoms with Gasteiger partial charge in [0, 0.05) is 54.4 Å². The number of nitrogens with one attached hydrogen (secondary N) is 1. The average Bonchev–Trinajstić information content (AvgIpc) is 2.63. The lowest BCUT2D eigenvalue weighted by molar-refractivity contribution is 0.203. The Bertz CT molecular complexity index is 805. The first-order valence-electron chi connectivity index (χ1n) is 9.51. The van der Waals surface area contributed by atoms with E-state index in [0.29, 0.717) is 6.04 Å². The Kier molecular flexibility index (Phi) is 4.52. The van der Waals surface area contributed by atoms with Crippen molar-refractivity contribution in [2.75, 3.05) is 31.1 Å². The summed E-state index contributed by atoms with van der Waals surface area (Å²) in [7, 11) is 0. The van der Waals surface area contributed by atoms with Gasteiger partial charge in [-0.3, -0.25) is 4.79 Å². The molecule has 2 aliphatic rings. The number of hydrogen-bond donors (Lipinski definition) is 2. The molecule has 1 aromatic heterocycles. The lowest BCUT2D eigenvalue weighted by Crippen LogP contribution is -2.47. The number of hydrogen-bond acceptors (Lipinski definition) is 4. The summed E-state index contributed by atoms with van der Waals surface area (Å²) in [6.07, 6.45) is 6.36. The van der Waals surface area contributed by atoms with Crippen molar-refractivity contribution in [2.24, 2.45) is 5.73 Å². The van der Waals surface area contributed by atoms with Crippen molar-refractivity contribution in [1.82, 2.24) is 9.88 Å². The fraction of sp³-hybridized carbons (Fsp3) is 0.550. The second-order valence-corrected chi connectivity index (χ2v) is 7.62. The summed E-state index contributed by atoms with van der Waals surface area (Å²) < 4.78 is 0. The first-order valence-corrected chi connectivity index (χ1v) is 9.51. The van der Waals surface area contributed by atoms with Crippen LogP contribution in [0.1, 0.15) is 31.7 Å². The molecule has 3 N–H and O–H groups in total. The maximum Gasteiger partial charge on any atom is 0.255 e. The number of benzene rings is 1. The molecule has 134 valence electrons. The van der Waals surface area contributed by atoms with E-state index in [0.717, 1.165) is 49.8 Å². The molecule has 0 bridgehead atoms. The highest BCUT2D eigenvalue weighted by atomic mass is 16.1. The van der Waals surface area contributed by atoms with Gasteiger partial charge in [0.05, 0.1) is 0 Å². The number of nitrogens with two attached hydrogens (primary N) is 1. The molecule has 1 saturated heterocycles. The smallest absolute Gasteiger partial charge is 0.255 e. The SMILES string of the molecule is CC(N)CCN1CCC(N2CCc3c[nH]c(=O)c4cccc2c34)CC1. The van der Waals surface area contributed by atoms with Gasteiger partial charge < -0.3 is 20.5 Å². The number of pyridine rings is 1. The first kappa shape index (κ1) is 16.6. The molecule has 1 unspecified atom stereocenters. The van der Waals surface area contributed by atoms with Crippen molar-refractivity contribution in [3.05, 3.63) is 40.3 Å². The number of H-pyrrole nitrogens is 1. The van der Waals surface area contributed by atoms with Crippen LogP contribution in [0.15, 0.2) is 29.2 Å². The third-order valence-corrected chi connectivity index (χ3v) is 5.82. The van der Waals surface area contributed by atoms with Gasteiger partial charge in [-0.05, 0) is 56.8 Å². The molecular formula is C20H28N4O. The molecule has 4 rings (SSSR count). The van der Waals surface area contributed by atoms with Crippen LogP contribution in [0, 0.1) is 0 Å². The maximum atomic E-state index is 12.2. The van der Waals surface area contributed by atoms with Gasteiger partial charge in [0.25, 0.3) is 5.56 Å². The highest BCUT2D eigenvalue weighted by Gasteiger charge is 2.28. The van der Waals surface area contributed by atoms with Crippen LogP contribution in [0.25, 0.3) is 10.8 Å². The van der Waals surface area contributed by atoms with Crippen LogP contribution in [0.5, 0.6) is 0 Å². The van der Waals surface area contributed by atoms with Gasteiger partial charge in [0.2, 0.25) is 0 Å². The standard InChI is InChI=1S/C20H28N4O/c1-14(21)5-9-23-10-7-16(8-11-23)24-12-6-15-13-22-20(25)17-3-2-4-18(24)19(15)17/h2-4,13-14,16H,5-12,21H2,1H3,(H,22,25). The Morgan fingerprint density at radius 1 is 1.28 bits per heavy atom. The third kappa shape index (κ3) is 3.18. The average molecular weight is 340 g/mol. The number of piperidine rings is 1. The lowest BCUT2D eigenvalue weighted by atomic mass is 9.94. The van der Waals surface area contributed by atoms with E-state index < -0.39 is 0 Å². The van der Waals surface area contributed by atoms with E-state index in [1.54, 1.807) is 0 Å². The molecule has 2 aromatic rings. The fourth-order valence-corrected chi connectivity index (χ4v) is 4.39. The van der Waals surface area contributed by atoms with Crippen molar-refractivity contribution < 1.29 is 0 Å². The molecule has 0 amide bonds. The Morgan fingerprint density at radius 2 is 2.08 bits per heavy atom. The van der Waals surface area contributed by atoms with Gasteiger partial charge in [-0.2, -0.15) is 0 Å². The van der Waals surface area contributed by atoms with Gasteiger partial charge in [0.15, 0.2) is 0 Å². The van der Waals surface area contributed by atoms with Crippen molar-refractivity contribution >= 4 is 16.5 Å². The normalized spacial score (nSPS) is 20.2. The second-order valence-electron chi connectivity index (χ2n) is 7.62. The lowest BCUT2D eigenvalue weighted by Gasteiger charge is -2.42. The topological polar surface area (TPSA) is 65.4 Å². The molecule has 2 aliphatic heterocycles. The summed E-state index contributed by atoms with van der Waals surface area (Å²) >= 11 is 0. The van der Waals surface area contributed by atoms with E-state index in [1.165, 1.54) is 24.1 Å². The van der Waals surface area contributed by atoms with E-state index in [-0.39, 0.29) is 11.6 Å². The van der Waals surface area contributed by atoms with Gasteiger partial charge in [0.1, 0.15) is 0 Å². The fourth-order valence-electron chi connectivity index (χ4n) is 4.39. The van der Waals surface area contributed by atoms with E-state index in [1.807, 2.05) is 18.3 Å². The minimum atomic E-state index is 0.0215. The maximum absolute atomic E-state index is 12.2. The zero-order valence-corrected chi connectivity index (χ0v) is 15.0. The molecule has 1 aromatic carbocycles. The molecule has 3 heterocycles. The minimum Gasteiger partial charge on any atom is -0.368 e. The third-order valence-electron chi connectivity index (χ3n) is 5.82. The molecule has 0 saturated carbocycles. The molecule has 25 heavy (non-hydrogen) atoms. The number of aromatic amines is 1. The van der Waals surface area contributed by atoms with Crippen LogP contribution in [-0.2, 0) is 6.42 Å². The van der Waals surface area contributed by atoms with Gasteiger partial charge in [-0.1, -0.05) is 6.07 Å². The zero-order valence-electron chi connectivity index (χ0n) is 15.0. The van der Waals surface area contributed by atoms with Crippen LogP contribution in [0.4, 0.5) is 5.69 Å². The van der Waals surface area contributed by atoms with Crippen molar-refractivity contribution in [1.29, 1.82) is 0 Å². The molecule has 1 atom stereocenters. The first-order chi connectivity index (χ1) is 12.1. The Hall–Kier alpha value is -1.85. The van der Waals surface area contributed by atoms with Crippen LogP contribution >= 0.6 is 0 Å². The van der Waals surface area contributed by atoms with E-state index in [2.05, 4.69) is 27.8 Å². The zero-order chi connectivity index (χ0) is 17.4. The molecule has 0 spiro atoms. The number of aromatic nitrogens is 1. The predicted octanol–water partition coefficient (Wildman–Crippen LogP) is 2.09. The highest BCUT2D eigenvalue weighted by Crippen LogP contribution is 2.35. The summed E-state index contributed by atoms with van der Waals surface area (Å²) in [6.45, 7) is 6.53. The monoisotopic (exact) mass is 340 g/mol. The molecular weight excluding hydrogens is 312 g/mol.